The summed E-state index contributed by atoms with van der Waals surface area (Å²) in [5.74, 6) is 0.546. The summed E-state index contributed by atoms with van der Waals surface area (Å²) in [4.78, 5) is 2.30. The Morgan fingerprint density at radius 1 is 1.20 bits per heavy atom. The molecule has 1 N–H and O–H groups in total. The average Bonchev–Trinajstić information content (AvgIpc) is 2.55. The number of hydrogen-bond acceptors (Lipinski definition) is 3. The summed E-state index contributed by atoms with van der Waals surface area (Å²) in [5, 5.41) is 3.30. The lowest BCUT2D eigenvalue weighted by Crippen LogP contribution is -2.46. The first-order valence-electron chi connectivity index (χ1n) is 8.57. The van der Waals surface area contributed by atoms with Gasteiger partial charge in [0.25, 0.3) is 0 Å². The van der Waals surface area contributed by atoms with Crippen LogP contribution in [0.15, 0.2) is 18.2 Å². The molecule has 2 atom stereocenters. The molecule has 1 aromatic carbocycles. The van der Waals surface area contributed by atoms with E-state index < -0.39 is 11.7 Å². The largest absolute Gasteiger partial charge is 0.497 e. The first kappa shape index (κ1) is 22.1. The standard InChI is InChI=1S/C18H27F3N2O.ClH/c1-4-5-13(2)17(23-8-6-22-7-9-23)14-10-15(18(19,20)21)12-16(11-14)24-3;/h10-13,17,22H,4-9H2,1-3H3;1H/t13?,17-;/m0./s1. The van der Waals surface area contributed by atoms with E-state index in [4.69, 9.17) is 4.74 Å². The fourth-order valence-corrected chi connectivity index (χ4v) is 3.55. The molecule has 0 spiro atoms. The highest BCUT2D eigenvalue weighted by atomic mass is 35.5. The first-order valence-corrected chi connectivity index (χ1v) is 8.57. The van der Waals surface area contributed by atoms with E-state index >= 15 is 0 Å². The maximum Gasteiger partial charge on any atom is 0.416 e. The van der Waals surface area contributed by atoms with Crippen molar-refractivity contribution in [3.63, 3.8) is 0 Å². The van der Waals surface area contributed by atoms with Crippen molar-refractivity contribution in [2.45, 2.75) is 38.9 Å². The molecule has 7 heteroatoms. The molecular weight excluding hydrogens is 353 g/mol. The first-order chi connectivity index (χ1) is 11.4. The monoisotopic (exact) mass is 380 g/mol. The van der Waals surface area contributed by atoms with Crippen LogP contribution in [0, 0.1) is 5.92 Å². The summed E-state index contributed by atoms with van der Waals surface area (Å²) in [5.41, 5.74) is 0.0604. The third kappa shape index (κ3) is 5.76. The molecule has 0 amide bonds. The number of hydrogen-bond donors (Lipinski definition) is 1. The molecule has 0 aromatic heterocycles. The van der Waals surface area contributed by atoms with Crippen LogP contribution in [0.3, 0.4) is 0 Å². The minimum absolute atomic E-state index is 0. The number of alkyl halides is 3. The van der Waals surface area contributed by atoms with Crippen molar-refractivity contribution in [2.75, 3.05) is 33.3 Å². The minimum Gasteiger partial charge on any atom is -0.497 e. The molecule has 0 radical (unpaired) electrons. The minimum atomic E-state index is -4.37. The van der Waals surface area contributed by atoms with E-state index in [1.165, 1.54) is 13.2 Å². The topological polar surface area (TPSA) is 24.5 Å². The highest BCUT2D eigenvalue weighted by Crippen LogP contribution is 2.38. The Bertz CT molecular complexity index is 534. The van der Waals surface area contributed by atoms with Gasteiger partial charge in [-0.05, 0) is 36.1 Å². The second-order valence-corrected chi connectivity index (χ2v) is 6.49. The molecule has 3 nitrogen and oxygen atoms in total. The third-order valence-electron chi connectivity index (χ3n) is 4.66. The smallest absolute Gasteiger partial charge is 0.416 e. The Hall–Kier alpha value is -0.980. The van der Waals surface area contributed by atoms with E-state index in [1.807, 2.05) is 0 Å². The van der Waals surface area contributed by atoms with Gasteiger partial charge in [-0.2, -0.15) is 13.2 Å². The number of nitrogens with one attached hydrogen (secondary N) is 1. The Balaban J connectivity index is 0.00000312. The van der Waals surface area contributed by atoms with Gasteiger partial charge >= 0.3 is 6.18 Å². The Morgan fingerprint density at radius 3 is 2.36 bits per heavy atom. The molecule has 1 aliphatic rings. The zero-order valence-corrected chi connectivity index (χ0v) is 15.8. The highest BCUT2D eigenvalue weighted by molar-refractivity contribution is 5.85. The van der Waals surface area contributed by atoms with Gasteiger partial charge in [0.1, 0.15) is 5.75 Å². The molecule has 0 saturated carbocycles. The van der Waals surface area contributed by atoms with Crippen LogP contribution >= 0.6 is 12.4 Å². The van der Waals surface area contributed by atoms with E-state index in [0.717, 1.165) is 45.1 Å². The van der Waals surface area contributed by atoms with Crippen molar-refractivity contribution in [2.24, 2.45) is 5.92 Å². The van der Waals surface area contributed by atoms with Crippen molar-refractivity contribution in [3.8, 4) is 5.75 Å². The van der Waals surface area contributed by atoms with Gasteiger partial charge in [-0.1, -0.05) is 20.3 Å². The number of halogens is 4. The molecule has 1 aromatic rings. The third-order valence-corrected chi connectivity index (χ3v) is 4.66. The second-order valence-electron chi connectivity index (χ2n) is 6.49. The lowest BCUT2D eigenvalue weighted by atomic mass is 9.88. The zero-order chi connectivity index (χ0) is 17.7. The number of ether oxygens (including phenoxy) is 1. The average molecular weight is 381 g/mol. The van der Waals surface area contributed by atoms with E-state index in [-0.39, 0.29) is 30.1 Å². The summed E-state index contributed by atoms with van der Waals surface area (Å²) >= 11 is 0. The highest BCUT2D eigenvalue weighted by Gasteiger charge is 2.34. The van der Waals surface area contributed by atoms with Gasteiger partial charge in [0.05, 0.1) is 12.7 Å². The van der Waals surface area contributed by atoms with Gasteiger partial charge in [0.2, 0.25) is 0 Å². The SMILES string of the molecule is CCCC(C)[C@@H](c1cc(OC)cc(C(F)(F)F)c1)N1CCNCC1.Cl. The van der Waals surface area contributed by atoms with E-state index in [2.05, 4.69) is 24.1 Å². The maximum atomic E-state index is 13.3. The molecule has 1 saturated heterocycles. The van der Waals surface area contributed by atoms with Crippen molar-refractivity contribution < 1.29 is 17.9 Å². The summed E-state index contributed by atoms with van der Waals surface area (Å²) in [6.45, 7) is 7.66. The van der Waals surface area contributed by atoms with Crippen molar-refractivity contribution in [1.82, 2.24) is 10.2 Å². The number of rotatable bonds is 6. The summed E-state index contributed by atoms with van der Waals surface area (Å²) in [6.07, 6.45) is -2.38. The van der Waals surface area contributed by atoms with Crippen LogP contribution < -0.4 is 10.1 Å². The van der Waals surface area contributed by atoms with E-state index in [1.54, 1.807) is 6.07 Å². The van der Waals surface area contributed by atoms with Crippen LogP contribution in [0.5, 0.6) is 5.75 Å². The molecule has 2 rings (SSSR count). The Labute approximate surface area is 154 Å². The molecule has 1 aliphatic heterocycles. The predicted octanol–water partition coefficient (Wildman–Crippen LogP) is 4.52. The molecular formula is C18H28ClF3N2O. The fraction of sp³-hybridized carbons (Fsp3) is 0.667. The van der Waals surface area contributed by atoms with Crippen molar-refractivity contribution >= 4 is 12.4 Å². The summed E-state index contributed by atoms with van der Waals surface area (Å²) < 4.78 is 44.9. The molecule has 1 heterocycles. The molecule has 0 aliphatic carbocycles. The Kier molecular flexibility index (Phi) is 8.51. The lowest BCUT2D eigenvalue weighted by Gasteiger charge is -2.39. The molecule has 1 unspecified atom stereocenters. The van der Waals surface area contributed by atoms with Crippen LogP contribution in [-0.2, 0) is 6.18 Å². The van der Waals surface area contributed by atoms with E-state index in [9.17, 15) is 13.2 Å². The normalized spacial score (nSPS) is 18.3. The number of benzene rings is 1. The summed E-state index contributed by atoms with van der Waals surface area (Å²) in [6, 6.07) is 4.10. The predicted molar refractivity (Wildman–Crippen MR) is 96.5 cm³/mol. The van der Waals surface area contributed by atoms with Gasteiger partial charge in [-0.3, -0.25) is 4.90 Å². The Morgan fingerprint density at radius 2 is 1.84 bits per heavy atom. The van der Waals surface area contributed by atoms with Crippen molar-refractivity contribution in [1.29, 1.82) is 0 Å². The maximum absolute atomic E-state index is 13.3. The van der Waals surface area contributed by atoms with E-state index in [0.29, 0.717) is 5.56 Å². The van der Waals surface area contributed by atoms with Crippen LogP contribution in [0.4, 0.5) is 13.2 Å². The number of nitrogens with zero attached hydrogens (tertiary/aromatic N) is 1. The van der Waals surface area contributed by atoms with Crippen LogP contribution in [0.1, 0.15) is 43.9 Å². The van der Waals surface area contributed by atoms with Gasteiger partial charge < -0.3 is 10.1 Å². The molecule has 1 fully saturated rings. The number of piperazine rings is 1. The van der Waals surface area contributed by atoms with Crippen LogP contribution in [-0.4, -0.2) is 38.2 Å². The van der Waals surface area contributed by atoms with Crippen molar-refractivity contribution in [3.05, 3.63) is 29.3 Å². The molecule has 144 valence electrons. The fourth-order valence-electron chi connectivity index (χ4n) is 3.55. The van der Waals surface area contributed by atoms with Crippen LogP contribution in [0.2, 0.25) is 0 Å². The van der Waals surface area contributed by atoms with Gasteiger partial charge in [0, 0.05) is 32.2 Å². The van der Waals surface area contributed by atoms with Gasteiger partial charge in [0.15, 0.2) is 0 Å². The lowest BCUT2D eigenvalue weighted by molar-refractivity contribution is -0.137. The zero-order valence-electron chi connectivity index (χ0n) is 15.0. The molecule has 25 heavy (non-hydrogen) atoms. The number of methoxy groups -OCH3 is 1. The van der Waals surface area contributed by atoms with Crippen LogP contribution in [0.25, 0.3) is 0 Å². The van der Waals surface area contributed by atoms with Gasteiger partial charge in [-0.25, -0.2) is 0 Å². The second kappa shape index (κ2) is 9.64. The quantitative estimate of drug-likeness (QED) is 0.785. The van der Waals surface area contributed by atoms with Gasteiger partial charge in [-0.15, -0.1) is 12.4 Å². The molecule has 0 bridgehead atoms. The summed E-state index contributed by atoms with van der Waals surface area (Å²) in [7, 11) is 1.41.